The van der Waals surface area contributed by atoms with Gasteiger partial charge >= 0.3 is 0 Å². The molecule has 0 aliphatic carbocycles. The summed E-state index contributed by atoms with van der Waals surface area (Å²) < 4.78 is 5.61. The summed E-state index contributed by atoms with van der Waals surface area (Å²) in [6.07, 6.45) is 4.91. The molecule has 0 aliphatic heterocycles. The lowest BCUT2D eigenvalue weighted by Gasteiger charge is -2.24. The zero-order valence-corrected chi connectivity index (χ0v) is 12.6. The molecule has 106 valence electrons. The molecule has 0 saturated carbocycles. The molecule has 2 N–H and O–H groups in total. The fourth-order valence-electron chi connectivity index (χ4n) is 2.06. The van der Waals surface area contributed by atoms with E-state index >= 15 is 0 Å². The molecule has 0 amide bonds. The van der Waals surface area contributed by atoms with Gasteiger partial charge in [0.05, 0.1) is 13.7 Å². The van der Waals surface area contributed by atoms with Gasteiger partial charge in [-0.3, -0.25) is 0 Å². The van der Waals surface area contributed by atoms with Crippen molar-refractivity contribution < 1.29 is 9.57 Å². The summed E-state index contributed by atoms with van der Waals surface area (Å²) in [5, 5.41) is 0. The third-order valence-corrected chi connectivity index (χ3v) is 2.97. The lowest BCUT2D eigenvalue weighted by Crippen LogP contribution is -2.13. The second kappa shape index (κ2) is 6.73. The van der Waals surface area contributed by atoms with Crippen molar-refractivity contribution in [1.29, 1.82) is 0 Å². The Hall–Kier alpha value is -1.32. The van der Waals surface area contributed by atoms with Gasteiger partial charge in [-0.25, -0.2) is 5.90 Å². The van der Waals surface area contributed by atoms with Crippen LogP contribution < -0.4 is 10.6 Å². The van der Waals surface area contributed by atoms with Crippen LogP contribution in [0.2, 0.25) is 0 Å². The van der Waals surface area contributed by atoms with E-state index in [0.29, 0.717) is 6.61 Å². The van der Waals surface area contributed by atoms with Gasteiger partial charge in [-0.15, -0.1) is 0 Å². The van der Waals surface area contributed by atoms with E-state index < -0.39 is 0 Å². The van der Waals surface area contributed by atoms with Crippen LogP contribution in [0, 0.1) is 6.92 Å². The molecule has 1 aromatic rings. The SMILES string of the molecule is COc1c(/C=C/CCON)cc(C)cc1C(C)(C)C. The first-order valence-corrected chi connectivity index (χ1v) is 6.57. The van der Waals surface area contributed by atoms with Gasteiger partial charge in [0.1, 0.15) is 5.75 Å². The minimum Gasteiger partial charge on any atom is -0.496 e. The molecule has 3 nitrogen and oxygen atoms in total. The van der Waals surface area contributed by atoms with Gasteiger partial charge in [-0.2, -0.15) is 0 Å². The van der Waals surface area contributed by atoms with Gasteiger partial charge in [0.2, 0.25) is 0 Å². The summed E-state index contributed by atoms with van der Waals surface area (Å²) in [4.78, 5) is 4.56. The van der Waals surface area contributed by atoms with E-state index in [0.717, 1.165) is 17.7 Å². The van der Waals surface area contributed by atoms with Crippen LogP contribution in [0.3, 0.4) is 0 Å². The maximum Gasteiger partial charge on any atom is 0.129 e. The monoisotopic (exact) mass is 263 g/mol. The van der Waals surface area contributed by atoms with E-state index in [1.807, 2.05) is 0 Å². The second-order valence-corrected chi connectivity index (χ2v) is 5.75. The fourth-order valence-corrected chi connectivity index (χ4v) is 2.06. The summed E-state index contributed by atoms with van der Waals surface area (Å²) >= 11 is 0. The van der Waals surface area contributed by atoms with Crippen LogP contribution in [-0.4, -0.2) is 13.7 Å². The lowest BCUT2D eigenvalue weighted by atomic mass is 9.84. The molecule has 0 aromatic heterocycles. The van der Waals surface area contributed by atoms with Gasteiger partial charge in [-0.1, -0.05) is 39.0 Å². The molecule has 0 aliphatic rings. The second-order valence-electron chi connectivity index (χ2n) is 5.75. The molecule has 0 bridgehead atoms. The van der Waals surface area contributed by atoms with Gasteiger partial charge in [0.15, 0.2) is 0 Å². The van der Waals surface area contributed by atoms with Crippen LogP contribution in [0.5, 0.6) is 5.75 Å². The molecule has 0 atom stereocenters. The third-order valence-electron chi connectivity index (χ3n) is 2.97. The Balaban J connectivity index is 3.16. The Labute approximate surface area is 116 Å². The fraction of sp³-hybridized carbons (Fsp3) is 0.500. The molecule has 0 fully saturated rings. The summed E-state index contributed by atoms with van der Waals surface area (Å²) in [6.45, 7) is 9.21. The molecule has 0 heterocycles. The van der Waals surface area contributed by atoms with Crippen molar-refractivity contribution in [3.63, 3.8) is 0 Å². The first-order chi connectivity index (χ1) is 8.90. The van der Waals surface area contributed by atoms with Crippen LogP contribution in [0.1, 0.15) is 43.9 Å². The minimum absolute atomic E-state index is 0.0559. The van der Waals surface area contributed by atoms with E-state index in [2.05, 4.69) is 56.8 Å². The summed E-state index contributed by atoms with van der Waals surface area (Å²) in [6, 6.07) is 4.33. The van der Waals surface area contributed by atoms with Crippen LogP contribution in [0.15, 0.2) is 18.2 Å². The van der Waals surface area contributed by atoms with Crippen LogP contribution in [-0.2, 0) is 10.3 Å². The normalized spacial score (nSPS) is 12.1. The minimum atomic E-state index is 0.0559. The van der Waals surface area contributed by atoms with Crippen molar-refractivity contribution in [2.75, 3.05) is 13.7 Å². The highest BCUT2D eigenvalue weighted by molar-refractivity contribution is 5.62. The topological polar surface area (TPSA) is 44.5 Å². The van der Waals surface area contributed by atoms with Gasteiger partial charge in [0.25, 0.3) is 0 Å². The molecule has 0 spiro atoms. The van der Waals surface area contributed by atoms with Crippen molar-refractivity contribution in [2.45, 2.75) is 39.5 Å². The number of nitrogens with two attached hydrogens (primary N) is 1. The zero-order chi connectivity index (χ0) is 14.5. The van der Waals surface area contributed by atoms with E-state index in [-0.39, 0.29) is 5.41 Å². The predicted molar refractivity (Wildman–Crippen MR) is 80.2 cm³/mol. The standard InChI is InChI=1S/C16H25NO2/c1-12-10-13(8-6-7-9-19-17)15(18-5)14(11-12)16(2,3)4/h6,8,10-11H,7,9,17H2,1-5H3/b8-6+. The Bertz CT molecular complexity index is 445. The highest BCUT2D eigenvalue weighted by atomic mass is 16.6. The van der Waals surface area contributed by atoms with Crippen LogP contribution in [0.4, 0.5) is 0 Å². The van der Waals surface area contributed by atoms with Gasteiger partial charge in [0, 0.05) is 11.1 Å². The van der Waals surface area contributed by atoms with Crippen LogP contribution in [0.25, 0.3) is 6.08 Å². The highest BCUT2D eigenvalue weighted by Gasteiger charge is 2.20. The average Bonchev–Trinajstić information content (AvgIpc) is 2.33. The maximum atomic E-state index is 5.61. The van der Waals surface area contributed by atoms with Crippen LogP contribution >= 0.6 is 0 Å². The lowest BCUT2D eigenvalue weighted by molar-refractivity contribution is 0.143. The van der Waals surface area contributed by atoms with Gasteiger partial charge < -0.3 is 9.57 Å². The van der Waals surface area contributed by atoms with E-state index in [4.69, 9.17) is 10.6 Å². The number of ether oxygens (including phenoxy) is 1. The number of benzene rings is 1. The first kappa shape index (κ1) is 15.7. The van der Waals surface area contributed by atoms with Gasteiger partial charge in [-0.05, 0) is 30.4 Å². The highest BCUT2D eigenvalue weighted by Crippen LogP contribution is 2.35. The smallest absolute Gasteiger partial charge is 0.129 e. The molecular formula is C16H25NO2. The molecule has 0 radical (unpaired) electrons. The van der Waals surface area contributed by atoms with E-state index in [1.54, 1.807) is 7.11 Å². The zero-order valence-electron chi connectivity index (χ0n) is 12.6. The Morgan fingerprint density at radius 2 is 1.95 bits per heavy atom. The Morgan fingerprint density at radius 1 is 1.26 bits per heavy atom. The number of hydrogen-bond donors (Lipinski definition) is 1. The predicted octanol–water partition coefficient (Wildman–Crippen LogP) is 3.59. The van der Waals surface area contributed by atoms with E-state index in [1.165, 1.54) is 11.1 Å². The maximum absolute atomic E-state index is 5.61. The summed E-state index contributed by atoms with van der Waals surface area (Å²) in [5.74, 6) is 5.96. The number of hydrogen-bond acceptors (Lipinski definition) is 3. The molecular weight excluding hydrogens is 238 g/mol. The Morgan fingerprint density at radius 3 is 2.47 bits per heavy atom. The Kier molecular flexibility index (Phi) is 5.58. The largest absolute Gasteiger partial charge is 0.496 e. The third kappa shape index (κ3) is 4.37. The van der Waals surface area contributed by atoms with E-state index in [9.17, 15) is 0 Å². The summed E-state index contributed by atoms with van der Waals surface area (Å²) in [7, 11) is 1.72. The summed E-state index contributed by atoms with van der Waals surface area (Å²) in [5.41, 5.74) is 3.62. The van der Waals surface area contributed by atoms with Crippen molar-refractivity contribution in [2.24, 2.45) is 5.90 Å². The molecule has 1 rings (SSSR count). The van der Waals surface area contributed by atoms with Crippen molar-refractivity contribution in [1.82, 2.24) is 0 Å². The number of rotatable bonds is 5. The molecule has 1 aromatic carbocycles. The number of aryl methyl sites for hydroxylation is 1. The number of methoxy groups -OCH3 is 1. The molecule has 0 saturated heterocycles. The van der Waals surface area contributed by atoms with Crippen molar-refractivity contribution >= 4 is 6.08 Å². The van der Waals surface area contributed by atoms with Crippen molar-refractivity contribution in [3.8, 4) is 5.75 Å². The first-order valence-electron chi connectivity index (χ1n) is 6.57. The average molecular weight is 263 g/mol. The van der Waals surface area contributed by atoms with Crippen molar-refractivity contribution in [3.05, 3.63) is 34.9 Å². The quantitative estimate of drug-likeness (QED) is 0.652. The molecule has 0 unspecified atom stereocenters. The molecule has 19 heavy (non-hydrogen) atoms. The molecule has 3 heteroatoms.